The SMILES string of the molecule is CCCc1ccc(C(N)c2ccc(Cl)cc2OC)cc1. The molecule has 0 saturated carbocycles. The van der Waals surface area contributed by atoms with Gasteiger partial charge in [0.25, 0.3) is 0 Å². The van der Waals surface area contributed by atoms with E-state index in [1.807, 2.05) is 12.1 Å². The highest BCUT2D eigenvalue weighted by molar-refractivity contribution is 6.30. The zero-order valence-electron chi connectivity index (χ0n) is 11.9. The first kappa shape index (κ1) is 14.9. The molecule has 2 N–H and O–H groups in total. The molecule has 2 aromatic rings. The van der Waals surface area contributed by atoms with Crippen molar-refractivity contribution in [1.29, 1.82) is 0 Å². The average molecular weight is 290 g/mol. The molecule has 3 heteroatoms. The van der Waals surface area contributed by atoms with Crippen molar-refractivity contribution in [2.75, 3.05) is 7.11 Å². The fourth-order valence-corrected chi connectivity index (χ4v) is 2.46. The van der Waals surface area contributed by atoms with Crippen molar-refractivity contribution in [3.63, 3.8) is 0 Å². The first-order valence-corrected chi connectivity index (χ1v) is 7.21. The molecular formula is C17H20ClNO. The highest BCUT2D eigenvalue weighted by Crippen LogP contribution is 2.30. The van der Waals surface area contributed by atoms with Crippen LogP contribution in [0.3, 0.4) is 0 Å². The molecule has 0 aliphatic heterocycles. The summed E-state index contributed by atoms with van der Waals surface area (Å²) in [6, 6.07) is 13.8. The maximum Gasteiger partial charge on any atom is 0.125 e. The quantitative estimate of drug-likeness (QED) is 0.888. The minimum absolute atomic E-state index is 0.210. The summed E-state index contributed by atoms with van der Waals surface area (Å²) in [5.41, 5.74) is 9.70. The van der Waals surface area contributed by atoms with Crippen LogP contribution in [0.5, 0.6) is 5.75 Å². The predicted octanol–water partition coefficient (Wildman–Crippen LogP) is 4.35. The normalized spacial score (nSPS) is 12.2. The largest absolute Gasteiger partial charge is 0.496 e. The summed E-state index contributed by atoms with van der Waals surface area (Å²) in [5, 5.41) is 0.649. The number of benzene rings is 2. The molecule has 0 amide bonds. The van der Waals surface area contributed by atoms with E-state index in [2.05, 4.69) is 31.2 Å². The molecule has 2 aromatic carbocycles. The van der Waals surface area contributed by atoms with E-state index in [0.717, 1.165) is 29.7 Å². The third-order valence-electron chi connectivity index (χ3n) is 3.41. The van der Waals surface area contributed by atoms with E-state index in [4.69, 9.17) is 22.1 Å². The molecule has 0 aromatic heterocycles. The van der Waals surface area contributed by atoms with Crippen LogP contribution in [0.4, 0.5) is 0 Å². The molecular weight excluding hydrogens is 270 g/mol. The highest BCUT2D eigenvalue weighted by atomic mass is 35.5. The fourth-order valence-electron chi connectivity index (χ4n) is 2.30. The van der Waals surface area contributed by atoms with Crippen molar-refractivity contribution >= 4 is 11.6 Å². The Morgan fingerprint density at radius 2 is 1.85 bits per heavy atom. The molecule has 0 aliphatic carbocycles. The van der Waals surface area contributed by atoms with E-state index in [1.165, 1.54) is 5.56 Å². The third kappa shape index (κ3) is 3.33. The van der Waals surface area contributed by atoms with Gasteiger partial charge in [-0.05, 0) is 29.7 Å². The van der Waals surface area contributed by atoms with Gasteiger partial charge < -0.3 is 10.5 Å². The second-order valence-corrected chi connectivity index (χ2v) is 5.29. The lowest BCUT2D eigenvalue weighted by Crippen LogP contribution is -2.13. The van der Waals surface area contributed by atoms with Gasteiger partial charge in [0.2, 0.25) is 0 Å². The summed E-state index contributed by atoms with van der Waals surface area (Å²) in [7, 11) is 1.63. The second kappa shape index (κ2) is 6.78. The first-order chi connectivity index (χ1) is 9.65. The van der Waals surface area contributed by atoms with Gasteiger partial charge in [0.1, 0.15) is 5.75 Å². The minimum atomic E-state index is -0.210. The van der Waals surface area contributed by atoms with Gasteiger partial charge >= 0.3 is 0 Å². The Hall–Kier alpha value is -1.51. The highest BCUT2D eigenvalue weighted by Gasteiger charge is 2.14. The Morgan fingerprint density at radius 1 is 1.15 bits per heavy atom. The van der Waals surface area contributed by atoms with E-state index in [1.54, 1.807) is 13.2 Å². The molecule has 1 unspecified atom stereocenters. The Morgan fingerprint density at radius 3 is 2.45 bits per heavy atom. The molecule has 2 nitrogen and oxygen atoms in total. The van der Waals surface area contributed by atoms with E-state index >= 15 is 0 Å². The van der Waals surface area contributed by atoms with Crippen molar-refractivity contribution < 1.29 is 4.74 Å². The molecule has 0 aliphatic rings. The summed E-state index contributed by atoms with van der Waals surface area (Å²) in [6.45, 7) is 2.18. The van der Waals surface area contributed by atoms with Crippen LogP contribution in [0.25, 0.3) is 0 Å². The van der Waals surface area contributed by atoms with Crippen LogP contribution in [0.2, 0.25) is 5.02 Å². The lowest BCUT2D eigenvalue weighted by molar-refractivity contribution is 0.408. The fraction of sp³-hybridized carbons (Fsp3) is 0.294. The van der Waals surface area contributed by atoms with Gasteiger partial charge in [-0.1, -0.05) is 55.3 Å². The van der Waals surface area contributed by atoms with Crippen molar-refractivity contribution in [2.24, 2.45) is 5.73 Å². The van der Waals surface area contributed by atoms with E-state index in [0.29, 0.717) is 5.02 Å². The molecule has 0 spiro atoms. The molecule has 2 rings (SSSR count). The van der Waals surface area contributed by atoms with Crippen LogP contribution in [-0.2, 0) is 6.42 Å². The van der Waals surface area contributed by atoms with Crippen molar-refractivity contribution in [3.05, 3.63) is 64.2 Å². The zero-order chi connectivity index (χ0) is 14.5. The Bertz CT molecular complexity index is 566. The Kier molecular flexibility index (Phi) is 5.05. The number of halogens is 1. The van der Waals surface area contributed by atoms with Gasteiger partial charge in [-0.25, -0.2) is 0 Å². The van der Waals surface area contributed by atoms with Gasteiger partial charge in [-0.2, -0.15) is 0 Å². The smallest absolute Gasteiger partial charge is 0.125 e. The summed E-state index contributed by atoms with van der Waals surface area (Å²) in [6.07, 6.45) is 2.25. The third-order valence-corrected chi connectivity index (χ3v) is 3.64. The van der Waals surface area contributed by atoms with Crippen LogP contribution < -0.4 is 10.5 Å². The van der Waals surface area contributed by atoms with Crippen molar-refractivity contribution in [2.45, 2.75) is 25.8 Å². The molecule has 0 saturated heterocycles. The first-order valence-electron chi connectivity index (χ1n) is 6.83. The van der Waals surface area contributed by atoms with Crippen molar-refractivity contribution in [3.8, 4) is 5.75 Å². The molecule has 20 heavy (non-hydrogen) atoms. The number of nitrogens with two attached hydrogens (primary N) is 1. The lowest BCUT2D eigenvalue weighted by atomic mass is 9.97. The van der Waals surface area contributed by atoms with Crippen LogP contribution >= 0.6 is 11.6 Å². The van der Waals surface area contributed by atoms with Gasteiger partial charge in [0, 0.05) is 10.6 Å². The molecule has 0 heterocycles. The van der Waals surface area contributed by atoms with E-state index in [-0.39, 0.29) is 6.04 Å². The van der Waals surface area contributed by atoms with Gasteiger partial charge in [-0.15, -0.1) is 0 Å². The summed E-state index contributed by atoms with van der Waals surface area (Å²) in [5.74, 6) is 0.725. The number of aryl methyl sites for hydroxylation is 1. The Balaban J connectivity index is 2.28. The number of rotatable bonds is 5. The van der Waals surface area contributed by atoms with Crippen LogP contribution in [0.1, 0.15) is 36.1 Å². The van der Waals surface area contributed by atoms with E-state index in [9.17, 15) is 0 Å². The molecule has 0 radical (unpaired) electrons. The van der Waals surface area contributed by atoms with Crippen LogP contribution in [-0.4, -0.2) is 7.11 Å². The minimum Gasteiger partial charge on any atom is -0.496 e. The zero-order valence-corrected chi connectivity index (χ0v) is 12.7. The van der Waals surface area contributed by atoms with Gasteiger partial charge in [0.15, 0.2) is 0 Å². The molecule has 106 valence electrons. The maximum absolute atomic E-state index is 6.34. The van der Waals surface area contributed by atoms with Crippen molar-refractivity contribution in [1.82, 2.24) is 0 Å². The second-order valence-electron chi connectivity index (χ2n) is 4.86. The maximum atomic E-state index is 6.34. The number of methoxy groups -OCH3 is 1. The molecule has 0 bridgehead atoms. The number of hydrogen-bond donors (Lipinski definition) is 1. The van der Waals surface area contributed by atoms with Gasteiger partial charge in [0.05, 0.1) is 13.2 Å². The standard InChI is InChI=1S/C17H20ClNO/c1-3-4-12-5-7-13(8-6-12)17(19)15-10-9-14(18)11-16(15)20-2/h5-11,17H,3-4,19H2,1-2H3. The summed E-state index contributed by atoms with van der Waals surface area (Å²) >= 11 is 5.98. The summed E-state index contributed by atoms with van der Waals surface area (Å²) in [4.78, 5) is 0. The number of ether oxygens (including phenoxy) is 1. The van der Waals surface area contributed by atoms with Crippen LogP contribution in [0, 0.1) is 0 Å². The Labute approximate surface area is 125 Å². The number of hydrogen-bond acceptors (Lipinski definition) is 2. The predicted molar refractivity (Wildman–Crippen MR) is 84.5 cm³/mol. The molecule has 0 fully saturated rings. The van der Waals surface area contributed by atoms with Gasteiger partial charge in [-0.3, -0.25) is 0 Å². The summed E-state index contributed by atoms with van der Waals surface area (Å²) < 4.78 is 5.37. The lowest BCUT2D eigenvalue weighted by Gasteiger charge is -2.16. The topological polar surface area (TPSA) is 35.2 Å². The van der Waals surface area contributed by atoms with Crippen LogP contribution in [0.15, 0.2) is 42.5 Å². The average Bonchev–Trinajstić information content (AvgIpc) is 2.47. The monoisotopic (exact) mass is 289 g/mol. The molecule has 1 atom stereocenters. The van der Waals surface area contributed by atoms with E-state index < -0.39 is 0 Å².